The molecule has 3 amide bonds. The Morgan fingerprint density at radius 1 is 0.846 bits per heavy atom. The maximum Gasteiger partial charge on any atom is 0.233 e. The first-order valence-corrected chi connectivity index (χ1v) is 7.37. The molecule has 0 aromatic heterocycles. The third kappa shape index (κ3) is 5.07. The second-order valence-corrected chi connectivity index (χ2v) is 5.26. The van der Waals surface area contributed by atoms with Crippen LogP contribution in [0.15, 0.2) is 36.4 Å². The van der Waals surface area contributed by atoms with Gasteiger partial charge in [-0.05, 0) is 30.3 Å². The highest BCUT2D eigenvalue weighted by atomic mass is 19.2. The van der Waals surface area contributed by atoms with Crippen molar-refractivity contribution in [3.63, 3.8) is 0 Å². The lowest BCUT2D eigenvalue weighted by Gasteiger charge is -2.09. The van der Waals surface area contributed by atoms with E-state index in [0.29, 0.717) is 17.4 Å². The van der Waals surface area contributed by atoms with Crippen LogP contribution < -0.4 is 16.0 Å². The molecule has 0 aliphatic rings. The zero-order valence-corrected chi connectivity index (χ0v) is 13.5. The van der Waals surface area contributed by atoms with Crippen molar-refractivity contribution in [2.75, 3.05) is 16.0 Å². The van der Waals surface area contributed by atoms with E-state index in [0.717, 1.165) is 6.07 Å². The smallest absolute Gasteiger partial charge is 0.233 e. The largest absolute Gasteiger partial charge is 0.326 e. The van der Waals surface area contributed by atoms with Gasteiger partial charge in [-0.15, -0.1) is 0 Å². The lowest BCUT2D eigenvalue weighted by atomic mass is 10.2. The Bertz CT molecular complexity index is 872. The van der Waals surface area contributed by atoms with Gasteiger partial charge in [0.05, 0.1) is 5.69 Å². The SMILES string of the molecule is CC(=O)Nc1cccc(NC(=O)CC(=O)Nc2ccc(F)c(F)c2F)c1. The highest BCUT2D eigenvalue weighted by Gasteiger charge is 2.17. The zero-order chi connectivity index (χ0) is 19.3. The molecule has 26 heavy (non-hydrogen) atoms. The summed E-state index contributed by atoms with van der Waals surface area (Å²) in [5, 5.41) is 6.95. The quantitative estimate of drug-likeness (QED) is 0.562. The lowest BCUT2D eigenvalue weighted by molar-refractivity contribution is -0.123. The predicted octanol–water partition coefficient (Wildman–Crippen LogP) is 3.03. The first kappa shape index (κ1) is 19.0. The molecule has 9 heteroatoms. The summed E-state index contributed by atoms with van der Waals surface area (Å²) in [5.74, 6) is -6.58. The molecule has 0 radical (unpaired) electrons. The standard InChI is InChI=1S/C17H14F3N3O3/c1-9(24)21-10-3-2-4-11(7-10)22-14(25)8-15(26)23-13-6-5-12(18)16(19)17(13)20/h2-7H,8H2,1H3,(H,21,24)(H,22,25)(H,23,26). The zero-order valence-electron chi connectivity index (χ0n) is 13.5. The van der Waals surface area contributed by atoms with E-state index in [1.165, 1.54) is 19.1 Å². The summed E-state index contributed by atoms with van der Waals surface area (Å²) in [5.41, 5.74) is 0.200. The van der Waals surface area contributed by atoms with Crippen LogP contribution in [0.2, 0.25) is 0 Å². The van der Waals surface area contributed by atoms with Crippen LogP contribution in [0.3, 0.4) is 0 Å². The van der Waals surface area contributed by atoms with E-state index < -0.39 is 41.4 Å². The normalized spacial score (nSPS) is 10.2. The molecule has 0 saturated heterocycles. The minimum atomic E-state index is -1.72. The van der Waals surface area contributed by atoms with Gasteiger partial charge >= 0.3 is 0 Å². The predicted molar refractivity (Wildman–Crippen MR) is 88.9 cm³/mol. The molecule has 0 atom stereocenters. The monoisotopic (exact) mass is 365 g/mol. The van der Waals surface area contributed by atoms with Gasteiger partial charge in [0.1, 0.15) is 6.42 Å². The van der Waals surface area contributed by atoms with Crippen molar-refractivity contribution < 1.29 is 27.6 Å². The van der Waals surface area contributed by atoms with Crippen LogP contribution in [0.5, 0.6) is 0 Å². The first-order chi connectivity index (χ1) is 12.3. The fourth-order valence-corrected chi connectivity index (χ4v) is 2.05. The number of amides is 3. The molecular formula is C17H14F3N3O3. The average molecular weight is 365 g/mol. The van der Waals surface area contributed by atoms with E-state index >= 15 is 0 Å². The maximum absolute atomic E-state index is 13.5. The molecule has 2 aromatic rings. The molecule has 0 unspecified atom stereocenters. The summed E-state index contributed by atoms with van der Waals surface area (Å²) in [6.07, 6.45) is -0.678. The van der Waals surface area contributed by atoms with E-state index in [-0.39, 0.29) is 5.91 Å². The van der Waals surface area contributed by atoms with Crippen LogP contribution in [0.25, 0.3) is 0 Å². The Morgan fingerprint density at radius 3 is 2.12 bits per heavy atom. The molecule has 0 aliphatic heterocycles. The third-order valence-corrected chi connectivity index (χ3v) is 3.10. The minimum absolute atomic E-state index is 0.290. The highest BCUT2D eigenvalue weighted by molar-refractivity contribution is 6.08. The molecule has 0 heterocycles. The van der Waals surface area contributed by atoms with Crippen molar-refractivity contribution in [2.45, 2.75) is 13.3 Å². The van der Waals surface area contributed by atoms with Crippen LogP contribution in [0.1, 0.15) is 13.3 Å². The van der Waals surface area contributed by atoms with Gasteiger partial charge in [0, 0.05) is 18.3 Å². The average Bonchev–Trinajstić information content (AvgIpc) is 2.55. The Kier molecular flexibility index (Phi) is 5.94. The second-order valence-electron chi connectivity index (χ2n) is 5.26. The molecule has 0 bridgehead atoms. The van der Waals surface area contributed by atoms with Crippen LogP contribution in [-0.4, -0.2) is 17.7 Å². The summed E-state index contributed by atoms with van der Waals surface area (Å²) in [7, 11) is 0. The molecule has 0 saturated carbocycles. The van der Waals surface area contributed by atoms with Crippen LogP contribution in [0, 0.1) is 17.5 Å². The van der Waals surface area contributed by atoms with Gasteiger partial charge in [0.25, 0.3) is 0 Å². The number of halogens is 3. The molecular weight excluding hydrogens is 351 g/mol. The topological polar surface area (TPSA) is 87.3 Å². The van der Waals surface area contributed by atoms with Crippen LogP contribution in [0.4, 0.5) is 30.2 Å². The summed E-state index contributed by atoms with van der Waals surface area (Å²) in [4.78, 5) is 34.6. The number of rotatable bonds is 5. The maximum atomic E-state index is 13.5. The summed E-state index contributed by atoms with van der Waals surface area (Å²) in [6, 6.07) is 7.71. The number of nitrogens with one attached hydrogen (secondary N) is 3. The van der Waals surface area contributed by atoms with Crippen molar-refractivity contribution in [1.82, 2.24) is 0 Å². The van der Waals surface area contributed by atoms with Crippen molar-refractivity contribution >= 4 is 34.8 Å². The molecule has 6 nitrogen and oxygen atoms in total. The number of anilines is 3. The van der Waals surface area contributed by atoms with Gasteiger partial charge in [0.15, 0.2) is 17.5 Å². The van der Waals surface area contributed by atoms with Crippen molar-refractivity contribution in [2.24, 2.45) is 0 Å². The number of hydrogen-bond acceptors (Lipinski definition) is 3. The first-order valence-electron chi connectivity index (χ1n) is 7.37. The summed E-state index contributed by atoms with van der Waals surface area (Å²) in [6.45, 7) is 1.33. The second kappa shape index (κ2) is 8.15. The molecule has 0 fully saturated rings. The van der Waals surface area contributed by atoms with E-state index in [1.54, 1.807) is 12.1 Å². The van der Waals surface area contributed by atoms with Gasteiger partial charge in [-0.2, -0.15) is 0 Å². The number of carbonyl (C=O) groups excluding carboxylic acids is 3. The van der Waals surface area contributed by atoms with Gasteiger partial charge in [-0.1, -0.05) is 6.07 Å². The van der Waals surface area contributed by atoms with Crippen LogP contribution in [-0.2, 0) is 14.4 Å². The fourth-order valence-electron chi connectivity index (χ4n) is 2.05. The van der Waals surface area contributed by atoms with Crippen molar-refractivity contribution in [3.8, 4) is 0 Å². The molecule has 0 spiro atoms. The Labute approximate surface area is 146 Å². The Morgan fingerprint density at radius 2 is 1.46 bits per heavy atom. The Hall–Kier alpha value is -3.36. The van der Waals surface area contributed by atoms with Gasteiger partial charge in [-0.25, -0.2) is 13.2 Å². The number of benzene rings is 2. The molecule has 2 aromatic carbocycles. The number of carbonyl (C=O) groups is 3. The van der Waals surface area contributed by atoms with E-state index in [2.05, 4.69) is 10.6 Å². The van der Waals surface area contributed by atoms with Crippen molar-refractivity contribution in [3.05, 3.63) is 53.8 Å². The number of hydrogen-bond donors (Lipinski definition) is 3. The minimum Gasteiger partial charge on any atom is -0.326 e. The lowest BCUT2D eigenvalue weighted by Crippen LogP contribution is -2.22. The molecule has 136 valence electrons. The fraction of sp³-hybridized carbons (Fsp3) is 0.118. The molecule has 3 N–H and O–H groups in total. The van der Waals surface area contributed by atoms with E-state index in [9.17, 15) is 27.6 Å². The van der Waals surface area contributed by atoms with Crippen LogP contribution >= 0.6 is 0 Å². The summed E-state index contributed by atoms with van der Waals surface area (Å²) < 4.78 is 39.4. The third-order valence-electron chi connectivity index (χ3n) is 3.10. The Balaban J connectivity index is 1.96. The van der Waals surface area contributed by atoms with E-state index in [1.807, 2.05) is 5.32 Å². The van der Waals surface area contributed by atoms with E-state index in [4.69, 9.17) is 0 Å². The van der Waals surface area contributed by atoms with Crippen molar-refractivity contribution in [1.29, 1.82) is 0 Å². The summed E-state index contributed by atoms with van der Waals surface area (Å²) >= 11 is 0. The molecule has 2 rings (SSSR count). The van der Waals surface area contributed by atoms with Gasteiger partial charge < -0.3 is 16.0 Å². The van der Waals surface area contributed by atoms with Gasteiger partial charge in [-0.3, -0.25) is 14.4 Å². The van der Waals surface area contributed by atoms with Gasteiger partial charge in [0.2, 0.25) is 17.7 Å². The molecule has 0 aliphatic carbocycles. The highest BCUT2D eigenvalue weighted by Crippen LogP contribution is 2.20.